The van der Waals surface area contributed by atoms with Crippen molar-refractivity contribution < 1.29 is 0 Å². The minimum atomic E-state index is 0.730. The number of nitrogens with two attached hydrogens (primary N) is 1. The van der Waals surface area contributed by atoms with Crippen molar-refractivity contribution in [3.05, 3.63) is 35.4 Å². The zero-order valence-electron chi connectivity index (χ0n) is 11.9. The Morgan fingerprint density at radius 3 is 2.33 bits per heavy atom. The molecule has 0 unspecified atom stereocenters. The number of unbranched alkanes of at least 4 members (excludes halogenated alkanes) is 1. The summed E-state index contributed by atoms with van der Waals surface area (Å²) < 4.78 is 0. The number of hydrogen-bond donors (Lipinski definition) is 2. The average molecular weight is 248 g/mol. The summed E-state index contributed by atoms with van der Waals surface area (Å²) in [6.45, 7) is 7.40. The minimum Gasteiger partial charge on any atom is -0.330 e. The van der Waals surface area contributed by atoms with Crippen LogP contribution in [0.2, 0.25) is 0 Å². The van der Waals surface area contributed by atoms with E-state index in [1.54, 1.807) is 0 Å². The maximum atomic E-state index is 5.53. The minimum absolute atomic E-state index is 0.730. The van der Waals surface area contributed by atoms with Gasteiger partial charge in [0.2, 0.25) is 0 Å². The molecule has 0 spiro atoms. The summed E-state index contributed by atoms with van der Waals surface area (Å²) in [5.41, 5.74) is 8.23. The van der Waals surface area contributed by atoms with Crippen molar-refractivity contribution in [1.29, 1.82) is 0 Å². The third-order valence-electron chi connectivity index (χ3n) is 3.17. The van der Waals surface area contributed by atoms with Gasteiger partial charge in [0.05, 0.1) is 0 Å². The molecule has 1 rings (SSSR count). The molecule has 102 valence electrons. The van der Waals surface area contributed by atoms with Crippen LogP contribution in [0.3, 0.4) is 0 Å². The lowest BCUT2D eigenvalue weighted by atomic mass is 10.1. The monoisotopic (exact) mass is 248 g/mol. The topological polar surface area (TPSA) is 38.0 Å². The lowest BCUT2D eigenvalue weighted by Crippen LogP contribution is -2.14. The Labute approximate surface area is 112 Å². The second-order valence-electron chi connectivity index (χ2n) is 5.42. The van der Waals surface area contributed by atoms with Gasteiger partial charge in [-0.3, -0.25) is 0 Å². The Morgan fingerprint density at radius 1 is 1.06 bits per heavy atom. The van der Waals surface area contributed by atoms with E-state index in [0.29, 0.717) is 0 Å². The molecule has 0 amide bonds. The van der Waals surface area contributed by atoms with Crippen LogP contribution in [0.5, 0.6) is 0 Å². The smallest absolute Gasteiger partial charge is 0.0205 e. The predicted octanol–water partition coefficient (Wildman–Crippen LogP) is 3.10. The Balaban J connectivity index is 2.11. The van der Waals surface area contributed by atoms with Gasteiger partial charge in [0.1, 0.15) is 0 Å². The van der Waals surface area contributed by atoms with E-state index in [2.05, 4.69) is 43.4 Å². The molecule has 0 bridgehead atoms. The first kappa shape index (κ1) is 15.2. The maximum absolute atomic E-state index is 5.53. The molecule has 0 aliphatic rings. The van der Waals surface area contributed by atoms with Crippen LogP contribution in [0.4, 0.5) is 0 Å². The standard InChI is InChI=1S/C16H28N2/c1-14(2)5-3-4-12-18-13-16-8-6-15(7-9-16)10-11-17/h6-9,14,18H,3-5,10-13,17H2,1-2H3. The molecule has 0 aliphatic carbocycles. The normalized spacial score (nSPS) is 11.1. The molecule has 3 N–H and O–H groups in total. The van der Waals surface area contributed by atoms with E-state index in [4.69, 9.17) is 5.73 Å². The molecule has 0 heterocycles. The Hall–Kier alpha value is -0.860. The highest BCUT2D eigenvalue weighted by atomic mass is 14.8. The summed E-state index contributed by atoms with van der Waals surface area (Å²) in [5, 5.41) is 3.50. The molecule has 2 heteroatoms. The van der Waals surface area contributed by atoms with E-state index in [0.717, 1.165) is 32.0 Å². The molecule has 18 heavy (non-hydrogen) atoms. The third-order valence-corrected chi connectivity index (χ3v) is 3.17. The quantitative estimate of drug-likeness (QED) is 0.659. The first-order valence-corrected chi connectivity index (χ1v) is 7.21. The van der Waals surface area contributed by atoms with Crippen molar-refractivity contribution in [3.63, 3.8) is 0 Å². The van der Waals surface area contributed by atoms with Crippen molar-refractivity contribution in [2.45, 2.75) is 46.1 Å². The van der Waals surface area contributed by atoms with Gasteiger partial charge in [-0.15, -0.1) is 0 Å². The van der Waals surface area contributed by atoms with Crippen LogP contribution in [-0.2, 0) is 13.0 Å². The van der Waals surface area contributed by atoms with Gasteiger partial charge >= 0.3 is 0 Å². The third kappa shape index (κ3) is 6.77. The molecule has 1 aromatic rings. The molecule has 2 nitrogen and oxygen atoms in total. The van der Waals surface area contributed by atoms with E-state index < -0.39 is 0 Å². The highest BCUT2D eigenvalue weighted by Crippen LogP contribution is 2.06. The van der Waals surface area contributed by atoms with Crippen molar-refractivity contribution in [2.24, 2.45) is 11.7 Å². The summed E-state index contributed by atoms with van der Waals surface area (Å²) in [6, 6.07) is 8.77. The van der Waals surface area contributed by atoms with E-state index in [1.165, 1.54) is 30.4 Å². The average Bonchev–Trinajstić information content (AvgIpc) is 2.35. The van der Waals surface area contributed by atoms with E-state index in [9.17, 15) is 0 Å². The van der Waals surface area contributed by atoms with Gasteiger partial charge in [0.25, 0.3) is 0 Å². The molecule has 0 saturated carbocycles. The molecule has 0 aromatic heterocycles. The van der Waals surface area contributed by atoms with E-state index in [-0.39, 0.29) is 0 Å². The van der Waals surface area contributed by atoms with E-state index in [1.807, 2.05) is 0 Å². The van der Waals surface area contributed by atoms with E-state index >= 15 is 0 Å². The second-order valence-corrected chi connectivity index (χ2v) is 5.42. The molecule has 0 atom stereocenters. The number of hydrogen-bond acceptors (Lipinski definition) is 2. The second kappa shape index (κ2) is 9.12. The Bertz CT molecular complexity index is 303. The van der Waals surface area contributed by atoms with Crippen LogP contribution >= 0.6 is 0 Å². The summed E-state index contributed by atoms with van der Waals surface area (Å²) in [5.74, 6) is 0.833. The fourth-order valence-corrected chi connectivity index (χ4v) is 2.03. The predicted molar refractivity (Wildman–Crippen MR) is 79.6 cm³/mol. The van der Waals surface area contributed by atoms with Crippen LogP contribution in [0.15, 0.2) is 24.3 Å². The van der Waals surface area contributed by atoms with Crippen LogP contribution in [0.25, 0.3) is 0 Å². The molecule has 0 saturated heterocycles. The first-order valence-electron chi connectivity index (χ1n) is 7.21. The van der Waals surface area contributed by atoms with Gasteiger partial charge in [-0.25, -0.2) is 0 Å². The van der Waals surface area contributed by atoms with Gasteiger partial charge in [-0.1, -0.05) is 51.0 Å². The molecule has 1 aromatic carbocycles. The van der Waals surface area contributed by atoms with Crippen LogP contribution in [0.1, 0.15) is 44.2 Å². The molecular weight excluding hydrogens is 220 g/mol. The van der Waals surface area contributed by atoms with Gasteiger partial charge in [0, 0.05) is 6.54 Å². The summed E-state index contributed by atoms with van der Waals surface area (Å²) in [6.07, 6.45) is 4.93. The van der Waals surface area contributed by atoms with Gasteiger partial charge in [-0.05, 0) is 43.0 Å². The molecular formula is C16H28N2. The fourth-order valence-electron chi connectivity index (χ4n) is 2.03. The van der Waals surface area contributed by atoms with Crippen molar-refractivity contribution in [2.75, 3.05) is 13.1 Å². The Morgan fingerprint density at radius 2 is 1.72 bits per heavy atom. The fraction of sp³-hybridized carbons (Fsp3) is 0.625. The highest BCUT2D eigenvalue weighted by molar-refractivity contribution is 5.22. The summed E-state index contributed by atoms with van der Waals surface area (Å²) >= 11 is 0. The maximum Gasteiger partial charge on any atom is 0.0205 e. The lowest BCUT2D eigenvalue weighted by Gasteiger charge is -2.07. The van der Waals surface area contributed by atoms with Crippen LogP contribution < -0.4 is 11.1 Å². The highest BCUT2D eigenvalue weighted by Gasteiger charge is 1.96. The summed E-state index contributed by atoms with van der Waals surface area (Å²) in [7, 11) is 0. The van der Waals surface area contributed by atoms with Crippen molar-refractivity contribution in [3.8, 4) is 0 Å². The van der Waals surface area contributed by atoms with Gasteiger partial charge in [0.15, 0.2) is 0 Å². The van der Waals surface area contributed by atoms with Crippen LogP contribution in [-0.4, -0.2) is 13.1 Å². The zero-order valence-corrected chi connectivity index (χ0v) is 11.9. The SMILES string of the molecule is CC(C)CCCCNCc1ccc(CCN)cc1. The van der Waals surface area contributed by atoms with Crippen molar-refractivity contribution >= 4 is 0 Å². The zero-order chi connectivity index (χ0) is 13.2. The largest absolute Gasteiger partial charge is 0.330 e. The van der Waals surface area contributed by atoms with Gasteiger partial charge in [-0.2, -0.15) is 0 Å². The number of benzene rings is 1. The van der Waals surface area contributed by atoms with Crippen molar-refractivity contribution in [1.82, 2.24) is 5.32 Å². The molecule has 0 aliphatic heterocycles. The lowest BCUT2D eigenvalue weighted by molar-refractivity contribution is 0.520. The molecule has 0 fully saturated rings. The first-order chi connectivity index (χ1) is 8.72. The molecule has 0 radical (unpaired) electrons. The number of nitrogens with one attached hydrogen (secondary N) is 1. The van der Waals surface area contributed by atoms with Crippen LogP contribution in [0, 0.1) is 5.92 Å². The van der Waals surface area contributed by atoms with Gasteiger partial charge < -0.3 is 11.1 Å². The Kier molecular flexibility index (Phi) is 7.70. The number of rotatable bonds is 9. The summed E-state index contributed by atoms with van der Waals surface area (Å²) in [4.78, 5) is 0.